The highest BCUT2D eigenvalue weighted by molar-refractivity contribution is 5.98. The summed E-state index contributed by atoms with van der Waals surface area (Å²) in [7, 11) is 0. The van der Waals surface area contributed by atoms with Crippen molar-refractivity contribution < 1.29 is 14.3 Å². The Morgan fingerprint density at radius 1 is 0.667 bits per heavy atom. The van der Waals surface area contributed by atoms with Crippen LogP contribution in [0.4, 0.5) is 17.1 Å². The third-order valence-corrected chi connectivity index (χ3v) is 9.42. The number of ether oxygens (including phenoxy) is 2. The molecular formula is C43H36N2O3. The summed E-state index contributed by atoms with van der Waals surface area (Å²) < 4.78 is 13.4. The minimum atomic E-state index is -1.22. The molecule has 0 aliphatic carbocycles. The summed E-state index contributed by atoms with van der Waals surface area (Å²) in [6.07, 6.45) is 0.878. The van der Waals surface area contributed by atoms with E-state index in [9.17, 15) is 4.79 Å². The first-order valence-electron chi connectivity index (χ1n) is 16.5. The summed E-state index contributed by atoms with van der Waals surface area (Å²) in [6.45, 7) is 5.68. The molecule has 1 spiro atoms. The van der Waals surface area contributed by atoms with Crippen LogP contribution < -0.4 is 15.0 Å². The fraction of sp³-hybridized carbons (Fsp3) is 0.140. The van der Waals surface area contributed by atoms with Crippen molar-refractivity contribution in [1.29, 1.82) is 0 Å². The van der Waals surface area contributed by atoms with Crippen LogP contribution in [-0.2, 0) is 29.8 Å². The zero-order valence-corrected chi connectivity index (χ0v) is 27.1. The Balaban J connectivity index is 1.32. The van der Waals surface area contributed by atoms with Crippen molar-refractivity contribution in [3.05, 3.63) is 184 Å². The molecule has 2 aliphatic heterocycles. The quantitative estimate of drug-likeness (QED) is 0.170. The van der Waals surface area contributed by atoms with Gasteiger partial charge in [0.2, 0.25) is 0 Å². The SMILES string of the molecule is CCc1cc(C)ccc1Nc1cccc2c1C1(OC(=O)c3ccccc31)c1cc(N(Cc3ccccc3)Cc3ccccc3)ccc1O2. The molecular weight excluding hydrogens is 592 g/mol. The molecule has 236 valence electrons. The van der Waals surface area contributed by atoms with Crippen LogP contribution in [0.1, 0.15) is 56.2 Å². The molecule has 6 aromatic carbocycles. The number of fused-ring (bicyclic) bond motifs is 6. The molecule has 8 rings (SSSR count). The zero-order valence-electron chi connectivity index (χ0n) is 27.1. The number of aryl methyl sites for hydroxylation is 2. The summed E-state index contributed by atoms with van der Waals surface area (Å²) >= 11 is 0. The lowest BCUT2D eigenvalue weighted by Crippen LogP contribution is -2.34. The number of carbonyl (C=O) groups is 1. The van der Waals surface area contributed by atoms with Gasteiger partial charge in [0, 0.05) is 35.6 Å². The van der Waals surface area contributed by atoms with Gasteiger partial charge in [0.1, 0.15) is 11.5 Å². The van der Waals surface area contributed by atoms with Gasteiger partial charge in [0.15, 0.2) is 5.60 Å². The van der Waals surface area contributed by atoms with E-state index in [0.717, 1.165) is 40.2 Å². The van der Waals surface area contributed by atoms with Gasteiger partial charge < -0.3 is 19.7 Å². The lowest BCUT2D eigenvalue weighted by molar-refractivity contribution is 0.0227. The molecule has 2 aliphatic rings. The summed E-state index contributed by atoms with van der Waals surface area (Å²) in [6, 6.07) is 47.4. The Morgan fingerprint density at radius 3 is 2.10 bits per heavy atom. The van der Waals surface area contributed by atoms with E-state index in [2.05, 4.69) is 103 Å². The third kappa shape index (κ3) is 5.08. The smallest absolute Gasteiger partial charge is 0.340 e. The Bertz CT molecular complexity index is 2100. The maximum atomic E-state index is 13.8. The second-order valence-electron chi connectivity index (χ2n) is 12.5. The number of hydrogen-bond donors (Lipinski definition) is 1. The van der Waals surface area contributed by atoms with Gasteiger partial charge in [-0.05, 0) is 72.5 Å². The van der Waals surface area contributed by atoms with Crippen molar-refractivity contribution in [3.63, 3.8) is 0 Å². The molecule has 1 unspecified atom stereocenters. The number of anilines is 3. The van der Waals surface area contributed by atoms with Crippen LogP contribution in [0.5, 0.6) is 11.5 Å². The van der Waals surface area contributed by atoms with Crippen LogP contribution in [0.3, 0.4) is 0 Å². The Morgan fingerprint density at radius 2 is 1.38 bits per heavy atom. The van der Waals surface area contributed by atoms with Gasteiger partial charge >= 0.3 is 5.97 Å². The molecule has 2 heterocycles. The van der Waals surface area contributed by atoms with Crippen LogP contribution >= 0.6 is 0 Å². The Kier molecular flexibility index (Phi) is 7.45. The first kappa shape index (κ1) is 29.6. The Hall–Kier alpha value is -5.81. The van der Waals surface area contributed by atoms with Crippen molar-refractivity contribution >= 4 is 23.0 Å². The van der Waals surface area contributed by atoms with Crippen molar-refractivity contribution in [2.75, 3.05) is 10.2 Å². The molecule has 0 radical (unpaired) electrons. The molecule has 0 amide bonds. The van der Waals surface area contributed by atoms with E-state index in [-0.39, 0.29) is 5.97 Å². The van der Waals surface area contributed by atoms with Crippen molar-refractivity contribution in [3.8, 4) is 11.5 Å². The van der Waals surface area contributed by atoms with E-state index in [1.165, 1.54) is 22.3 Å². The van der Waals surface area contributed by atoms with Gasteiger partial charge in [-0.1, -0.05) is 110 Å². The number of carbonyl (C=O) groups excluding carboxylic acids is 1. The number of hydrogen-bond acceptors (Lipinski definition) is 5. The molecule has 1 N–H and O–H groups in total. The van der Waals surface area contributed by atoms with E-state index in [1.807, 2.05) is 60.7 Å². The van der Waals surface area contributed by atoms with E-state index >= 15 is 0 Å². The number of rotatable bonds is 8. The van der Waals surface area contributed by atoms with Gasteiger partial charge in [-0.3, -0.25) is 0 Å². The van der Waals surface area contributed by atoms with Crippen molar-refractivity contribution in [2.45, 2.75) is 39.0 Å². The fourth-order valence-electron chi connectivity index (χ4n) is 7.15. The maximum Gasteiger partial charge on any atom is 0.340 e. The number of esters is 1. The predicted octanol–water partition coefficient (Wildman–Crippen LogP) is 10.1. The normalized spacial score (nSPS) is 15.6. The van der Waals surface area contributed by atoms with Crippen LogP contribution in [0.2, 0.25) is 0 Å². The zero-order chi connectivity index (χ0) is 32.7. The molecule has 5 nitrogen and oxygen atoms in total. The molecule has 48 heavy (non-hydrogen) atoms. The maximum absolute atomic E-state index is 13.8. The van der Waals surface area contributed by atoms with E-state index < -0.39 is 5.60 Å². The summed E-state index contributed by atoms with van der Waals surface area (Å²) in [5.41, 5.74) is 9.41. The molecule has 0 aromatic heterocycles. The topological polar surface area (TPSA) is 50.8 Å². The molecule has 1 atom stereocenters. The lowest BCUT2D eigenvalue weighted by Gasteiger charge is -2.39. The highest BCUT2D eigenvalue weighted by Gasteiger charge is 2.55. The molecule has 6 aromatic rings. The largest absolute Gasteiger partial charge is 0.456 e. The van der Waals surface area contributed by atoms with E-state index in [1.54, 1.807) is 0 Å². The number of nitrogens with zero attached hydrogens (tertiary/aromatic N) is 1. The first-order chi connectivity index (χ1) is 23.5. The highest BCUT2D eigenvalue weighted by Crippen LogP contribution is 2.59. The van der Waals surface area contributed by atoms with Gasteiger partial charge in [-0.25, -0.2) is 4.79 Å². The monoisotopic (exact) mass is 628 g/mol. The predicted molar refractivity (Wildman–Crippen MR) is 191 cm³/mol. The fourth-order valence-corrected chi connectivity index (χ4v) is 7.15. The summed E-state index contributed by atoms with van der Waals surface area (Å²) in [4.78, 5) is 16.1. The molecule has 5 heteroatoms. The standard InChI is InChI=1S/C43H36N2O3/c1-3-32-25-29(2)21-23-37(32)44-38-19-12-20-40-41(38)43(35-18-11-10-17-34(35)42(46)48-43)36-26-33(22-24-39(36)47-40)45(27-30-13-6-4-7-14-30)28-31-15-8-5-9-16-31/h4-26,44H,3,27-28H2,1-2H3. The summed E-state index contributed by atoms with van der Waals surface area (Å²) in [5.74, 6) is 0.969. The van der Waals surface area contributed by atoms with Gasteiger partial charge in [0.25, 0.3) is 0 Å². The summed E-state index contributed by atoms with van der Waals surface area (Å²) in [5, 5.41) is 3.73. The molecule has 0 fully saturated rings. The van der Waals surface area contributed by atoms with Crippen LogP contribution in [0.15, 0.2) is 140 Å². The lowest BCUT2D eigenvalue weighted by atomic mass is 9.76. The van der Waals surface area contributed by atoms with Crippen molar-refractivity contribution in [1.82, 2.24) is 0 Å². The second-order valence-corrected chi connectivity index (χ2v) is 12.5. The highest BCUT2D eigenvalue weighted by atomic mass is 16.6. The van der Waals surface area contributed by atoms with Crippen LogP contribution in [0.25, 0.3) is 0 Å². The van der Waals surface area contributed by atoms with E-state index in [0.29, 0.717) is 30.2 Å². The second kappa shape index (κ2) is 12.1. The molecule has 0 saturated carbocycles. The van der Waals surface area contributed by atoms with Gasteiger partial charge in [-0.15, -0.1) is 0 Å². The number of benzene rings is 6. The average Bonchev–Trinajstić information content (AvgIpc) is 3.41. The minimum absolute atomic E-state index is 0.348. The van der Waals surface area contributed by atoms with Crippen molar-refractivity contribution in [2.24, 2.45) is 0 Å². The van der Waals surface area contributed by atoms with Gasteiger partial charge in [-0.2, -0.15) is 0 Å². The van der Waals surface area contributed by atoms with Crippen LogP contribution in [0, 0.1) is 6.92 Å². The molecule has 0 saturated heterocycles. The minimum Gasteiger partial charge on any atom is -0.456 e. The van der Waals surface area contributed by atoms with Crippen LogP contribution in [-0.4, -0.2) is 5.97 Å². The average molecular weight is 629 g/mol. The Labute approximate surface area is 281 Å². The first-order valence-corrected chi connectivity index (χ1v) is 16.5. The molecule has 0 bridgehead atoms. The third-order valence-electron chi connectivity index (χ3n) is 9.42. The van der Waals surface area contributed by atoms with E-state index in [4.69, 9.17) is 9.47 Å². The van der Waals surface area contributed by atoms with Gasteiger partial charge in [0.05, 0.1) is 16.8 Å². The number of nitrogens with one attached hydrogen (secondary N) is 1.